The summed E-state index contributed by atoms with van der Waals surface area (Å²) in [5, 5.41) is 10.6. The number of amides is 1. The molecule has 53 heavy (non-hydrogen) atoms. The summed E-state index contributed by atoms with van der Waals surface area (Å²) in [4.78, 5) is 15.2. The molecule has 1 saturated heterocycles. The highest BCUT2D eigenvalue weighted by Crippen LogP contribution is 2.41. The van der Waals surface area contributed by atoms with Crippen molar-refractivity contribution in [3.8, 4) is 11.1 Å². The number of ether oxygens (including phenoxy) is 1. The van der Waals surface area contributed by atoms with Crippen molar-refractivity contribution >= 4 is 23.4 Å². The van der Waals surface area contributed by atoms with E-state index in [2.05, 4.69) is 4.74 Å². The zero-order valence-corrected chi connectivity index (χ0v) is 28.6. The second kappa shape index (κ2) is 16.8. The molecule has 2 heterocycles. The molecule has 0 radical (unpaired) electrons. The Labute approximate surface area is 337 Å². The lowest BCUT2D eigenvalue weighted by Crippen LogP contribution is -2.50. The molecule has 1 amide bonds. The lowest BCUT2D eigenvalue weighted by Gasteiger charge is -2.40. The second-order valence-corrected chi connectivity index (χ2v) is 12.1. The number of methoxy groups -OCH3 is 1. The van der Waals surface area contributed by atoms with Crippen molar-refractivity contribution < 1.29 is 62.6 Å². The Balaban J connectivity index is 1.60. The number of aliphatic hydroxyl groups is 1. The van der Waals surface area contributed by atoms with E-state index in [4.69, 9.17) is 19.2 Å². The fourth-order valence-electron chi connectivity index (χ4n) is 5.12. The van der Waals surface area contributed by atoms with E-state index in [0.717, 1.165) is 48.5 Å². The molecule has 0 bridgehead atoms. The summed E-state index contributed by atoms with van der Waals surface area (Å²) in [6, 6.07) is 3.38. The highest BCUT2D eigenvalue weighted by Gasteiger charge is 2.33. The summed E-state index contributed by atoms with van der Waals surface area (Å²) in [6.07, 6.45) is -15.8. The number of aliphatic hydroxyl groups excluding tert-OH is 1. The van der Waals surface area contributed by atoms with Crippen molar-refractivity contribution in [1.82, 2.24) is 9.80 Å². The molecule has 2 aliphatic rings. The molecule has 1 unspecified atom stereocenters. The first-order chi connectivity index (χ1) is 32.7. The van der Waals surface area contributed by atoms with Gasteiger partial charge >= 0.3 is 6.18 Å². The fourth-order valence-corrected chi connectivity index (χ4v) is 5.92. The summed E-state index contributed by atoms with van der Waals surface area (Å²) >= 11 is -0.157. The van der Waals surface area contributed by atoms with E-state index in [1.807, 2.05) is 0 Å². The minimum absolute atomic E-state index is 0.0355. The molecule has 0 spiro atoms. The van der Waals surface area contributed by atoms with Crippen LogP contribution in [-0.2, 0) is 28.0 Å². The Hall–Kier alpha value is -4.23. The predicted octanol–water partition coefficient (Wildman–Crippen LogP) is 8.73. The number of likely N-dealkylation sites (tertiary alicyclic amines) is 1. The lowest BCUT2D eigenvalue weighted by molar-refractivity contribution is -0.137. The third kappa shape index (κ3) is 9.29. The SMILES string of the molecule is [2H]C1=C(SC([2H])([2H])c2cccc(F)c2F)N(CC(=O)N(Cc2ccc(-c3ccc(C(F)(F)F)cc3)cc2)C2([2H])C([2H])([2H])C([2H])([2H])N(C([2H])([2H])C([2H])([2H])OC)C([2H])([2H])C2([2H])[2H])c2c([2H])c([2H])c(C)c([2H])c2C1O. The molecule has 0 aliphatic carbocycles. The fraction of sp³-hybridized carbons (Fsp3) is 0.341. The van der Waals surface area contributed by atoms with Crippen LogP contribution in [0.3, 0.4) is 0 Å². The highest BCUT2D eigenvalue weighted by atomic mass is 32.2. The van der Waals surface area contributed by atoms with Gasteiger partial charge in [-0.15, -0.1) is 11.8 Å². The average molecular weight is 771 g/mol. The minimum Gasteiger partial charge on any atom is -0.384 e. The number of hydrogen-bond donors (Lipinski definition) is 1. The van der Waals surface area contributed by atoms with Crippen LogP contribution in [-0.4, -0.2) is 66.5 Å². The Kier molecular flexibility index (Phi) is 6.68. The molecule has 0 aromatic heterocycles. The van der Waals surface area contributed by atoms with E-state index in [1.54, 1.807) is 0 Å². The topological polar surface area (TPSA) is 56.3 Å². The van der Waals surface area contributed by atoms with Gasteiger partial charge in [0.15, 0.2) is 11.6 Å². The summed E-state index contributed by atoms with van der Waals surface area (Å²) in [5.74, 6) is -5.01. The smallest absolute Gasteiger partial charge is 0.384 e. The van der Waals surface area contributed by atoms with Crippen LogP contribution in [0.15, 0.2) is 95.9 Å². The van der Waals surface area contributed by atoms with E-state index < -0.39 is 150 Å². The van der Waals surface area contributed by atoms with E-state index >= 15 is 9.18 Å². The number of alkyl halides is 3. The molecule has 6 rings (SSSR count). The molecule has 6 nitrogen and oxygen atoms in total. The zero-order chi connectivity index (χ0) is 54.7. The average Bonchev–Trinajstić information content (AvgIpc) is 3.28. The van der Waals surface area contributed by atoms with Crippen LogP contribution in [0.1, 0.15) is 72.7 Å². The molecule has 1 atom stereocenters. The third-order valence-corrected chi connectivity index (χ3v) is 8.59. The van der Waals surface area contributed by atoms with Gasteiger partial charge < -0.3 is 24.5 Å². The van der Waals surface area contributed by atoms with Crippen molar-refractivity contribution in [1.29, 1.82) is 0 Å². The molecule has 12 heteroatoms. The zero-order valence-electron chi connectivity index (χ0n) is 46.7. The van der Waals surface area contributed by atoms with Gasteiger partial charge in [-0.25, -0.2) is 8.78 Å². The maximum atomic E-state index is 15.4. The van der Waals surface area contributed by atoms with Crippen LogP contribution >= 0.6 is 11.8 Å². The third-order valence-electron chi connectivity index (χ3n) is 7.74. The van der Waals surface area contributed by atoms with Crippen LogP contribution in [0.25, 0.3) is 11.1 Å². The van der Waals surface area contributed by atoms with E-state index in [1.165, 1.54) is 19.1 Å². The molecule has 4 aromatic carbocycles. The number of hydrogen-bond acceptors (Lipinski definition) is 6. The molecule has 0 saturated carbocycles. The number of nitrogens with zero attached hydrogens (tertiary/aromatic N) is 3. The Bertz CT molecular complexity index is 2790. The first-order valence-electron chi connectivity index (χ1n) is 25.0. The van der Waals surface area contributed by atoms with Gasteiger partial charge in [-0.2, -0.15) is 13.2 Å². The van der Waals surface area contributed by atoms with Crippen molar-refractivity contribution in [3.05, 3.63) is 135 Å². The summed E-state index contributed by atoms with van der Waals surface area (Å²) in [5.41, 5.74) is -6.56. The van der Waals surface area contributed by atoms with Crippen molar-refractivity contribution in [2.24, 2.45) is 0 Å². The quantitative estimate of drug-likeness (QED) is 0.146. The number of benzene rings is 4. The standard InChI is InChI=1S/C41H42F5N3O3S/c1-27-6-15-36-34(22-27)37(50)23-39(53-26-31-4-3-5-35(42)40(31)43)49(36)25-38(51)48(33-16-18-47(19-17-33)20-21-52-2)24-28-7-9-29(10-8-28)30-11-13-32(14-12-30)41(44,45)46/h3-15,22-23,33,37,50H,16-21,24-26H2,1-2H3/i6D,15D,16D2,17D2,18D2,19D2,20D2,21D2,22D,23D,26D2,33D. The first kappa shape index (κ1) is 21.0. The molecule has 280 valence electrons. The molecule has 4 aromatic rings. The number of halogens is 5. The summed E-state index contributed by atoms with van der Waals surface area (Å²) in [6.45, 7) is -18.2. The Morgan fingerprint density at radius 2 is 1.75 bits per heavy atom. The molecule has 1 fully saturated rings. The van der Waals surface area contributed by atoms with Gasteiger partial charge in [0.05, 0.1) is 26.7 Å². The van der Waals surface area contributed by atoms with Crippen molar-refractivity contribution in [2.45, 2.75) is 50.2 Å². The maximum Gasteiger partial charge on any atom is 0.416 e. The molecular formula is C41H42F5N3O3S. The van der Waals surface area contributed by atoms with E-state index in [9.17, 15) is 29.5 Å². The number of thioether (sulfide) groups is 1. The second-order valence-electron chi connectivity index (χ2n) is 11.3. The Morgan fingerprint density at radius 3 is 2.42 bits per heavy atom. The van der Waals surface area contributed by atoms with Gasteiger partial charge in [0.1, 0.15) is 12.6 Å². The molecule has 1 N–H and O–H groups in total. The minimum atomic E-state index is -4.69. The number of anilines is 1. The monoisotopic (exact) mass is 770 g/mol. The number of piperidine rings is 1. The largest absolute Gasteiger partial charge is 0.416 e. The maximum absolute atomic E-state index is 15.4. The van der Waals surface area contributed by atoms with Crippen LogP contribution < -0.4 is 4.90 Å². The van der Waals surface area contributed by atoms with Gasteiger partial charge in [0.2, 0.25) is 5.91 Å². The van der Waals surface area contributed by atoms with Crippen molar-refractivity contribution in [3.63, 3.8) is 0 Å². The van der Waals surface area contributed by atoms with Crippen LogP contribution in [0.5, 0.6) is 0 Å². The van der Waals surface area contributed by atoms with Gasteiger partial charge in [-0.05, 0) is 66.7 Å². The summed E-state index contributed by atoms with van der Waals surface area (Å²) < 4.78 is 244. The predicted molar refractivity (Wildman–Crippen MR) is 198 cm³/mol. The normalized spacial score (nSPS) is 27.4. The molecule has 2 aliphatic heterocycles. The van der Waals surface area contributed by atoms with Crippen LogP contribution in [0.2, 0.25) is 0 Å². The van der Waals surface area contributed by atoms with Gasteiger partial charge in [0, 0.05) is 78.1 Å². The van der Waals surface area contributed by atoms with Gasteiger partial charge in [-0.1, -0.05) is 66.2 Å². The molecular weight excluding hydrogens is 710 g/mol. The van der Waals surface area contributed by atoms with Gasteiger partial charge in [0.25, 0.3) is 0 Å². The number of fused-ring (bicyclic) bond motifs is 1. The van der Waals surface area contributed by atoms with Crippen molar-refractivity contribution in [2.75, 3.05) is 44.6 Å². The Morgan fingerprint density at radius 1 is 1.08 bits per heavy atom. The van der Waals surface area contributed by atoms with E-state index in [0.29, 0.717) is 18.1 Å². The number of carbonyl (C=O) groups excluding carboxylic acids is 1. The van der Waals surface area contributed by atoms with Crippen LogP contribution in [0.4, 0.5) is 27.6 Å². The van der Waals surface area contributed by atoms with Gasteiger partial charge in [-0.3, -0.25) is 4.79 Å². The summed E-state index contributed by atoms with van der Waals surface area (Å²) in [7, 11) is 0.590. The van der Waals surface area contributed by atoms with Crippen LogP contribution in [0, 0.1) is 18.6 Å². The number of rotatable bonds is 12. The first-order valence-corrected chi connectivity index (χ1v) is 16.4. The number of carbonyl (C=O) groups is 1. The highest BCUT2D eigenvalue weighted by molar-refractivity contribution is 8.02. The lowest BCUT2D eigenvalue weighted by atomic mass is 9.99. The van der Waals surface area contributed by atoms with E-state index in [-0.39, 0.29) is 38.9 Å².